The smallest absolute Gasteiger partial charge is 0.0323 e. The quantitative estimate of drug-likeness (QED) is 0.323. The van der Waals surface area contributed by atoms with Crippen LogP contribution in [-0.4, -0.2) is 6.54 Å². The molecule has 1 saturated heterocycles. The van der Waals surface area contributed by atoms with E-state index in [9.17, 15) is 0 Å². The van der Waals surface area contributed by atoms with Crippen molar-refractivity contribution in [3.8, 4) is 0 Å². The molecular weight excluding hydrogens is 398 g/mol. The zero-order chi connectivity index (χ0) is 19.9. The van der Waals surface area contributed by atoms with E-state index in [1.165, 1.54) is 65.6 Å². The van der Waals surface area contributed by atoms with Gasteiger partial charge >= 0.3 is 0 Å². The minimum atomic E-state index is 0. The maximum atomic E-state index is 3.80. The zero-order valence-electron chi connectivity index (χ0n) is 17.9. The molecule has 6 rings (SSSR count). The molecule has 2 unspecified atom stereocenters. The van der Waals surface area contributed by atoms with E-state index in [1.807, 2.05) is 0 Å². The lowest BCUT2D eigenvalue weighted by molar-refractivity contribution is 0.408. The summed E-state index contributed by atoms with van der Waals surface area (Å²) >= 11 is 0. The molecule has 31 heavy (non-hydrogen) atoms. The molecule has 2 heteroatoms. The third-order valence-corrected chi connectivity index (χ3v) is 7.40. The number of halogens is 1. The number of hydrogen-bond acceptors (Lipinski definition) is 1. The molecule has 158 valence electrons. The van der Waals surface area contributed by atoms with Crippen LogP contribution in [-0.2, 0) is 6.42 Å². The van der Waals surface area contributed by atoms with Gasteiger partial charge < -0.3 is 5.32 Å². The van der Waals surface area contributed by atoms with Gasteiger partial charge in [0.05, 0.1) is 0 Å². The number of benzene rings is 4. The maximum Gasteiger partial charge on any atom is 0.0323 e. The average Bonchev–Trinajstić information content (AvgIpc) is 2.84. The van der Waals surface area contributed by atoms with E-state index in [4.69, 9.17) is 0 Å². The van der Waals surface area contributed by atoms with Gasteiger partial charge in [0.25, 0.3) is 0 Å². The van der Waals surface area contributed by atoms with Gasteiger partial charge in [0.2, 0.25) is 0 Å². The van der Waals surface area contributed by atoms with Gasteiger partial charge in [-0.05, 0) is 82.4 Å². The van der Waals surface area contributed by atoms with E-state index in [2.05, 4.69) is 78.1 Å². The van der Waals surface area contributed by atoms with E-state index in [1.54, 1.807) is 16.7 Å². The predicted molar refractivity (Wildman–Crippen MR) is 135 cm³/mol. The lowest BCUT2D eigenvalue weighted by Crippen LogP contribution is -2.28. The molecule has 0 bridgehead atoms. The van der Waals surface area contributed by atoms with Crippen molar-refractivity contribution in [3.63, 3.8) is 0 Å². The number of aryl methyl sites for hydroxylation is 1. The molecule has 1 heterocycles. The highest BCUT2D eigenvalue weighted by Crippen LogP contribution is 2.44. The Bertz CT molecular complexity index is 1220. The van der Waals surface area contributed by atoms with E-state index < -0.39 is 0 Å². The van der Waals surface area contributed by atoms with Crippen LogP contribution in [0.2, 0.25) is 0 Å². The maximum absolute atomic E-state index is 3.80. The molecule has 2 aliphatic rings. The van der Waals surface area contributed by atoms with Crippen LogP contribution in [0.3, 0.4) is 0 Å². The van der Waals surface area contributed by atoms with Crippen molar-refractivity contribution in [2.45, 2.75) is 50.5 Å². The predicted octanol–water partition coefficient (Wildman–Crippen LogP) is 7.70. The molecule has 1 nitrogen and oxygen atoms in total. The third-order valence-electron chi connectivity index (χ3n) is 7.40. The molecule has 1 fully saturated rings. The second kappa shape index (κ2) is 8.65. The molecule has 4 aromatic carbocycles. The summed E-state index contributed by atoms with van der Waals surface area (Å²) in [7, 11) is 0. The van der Waals surface area contributed by atoms with Gasteiger partial charge in [0.15, 0.2) is 0 Å². The largest absolute Gasteiger partial charge is 0.310 e. The fourth-order valence-electron chi connectivity index (χ4n) is 6.00. The van der Waals surface area contributed by atoms with Gasteiger partial charge in [0, 0.05) is 12.0 Å². The number of piperidine rings is 1. The van der Waals surface area contributed by atoms with Crippen molar-refractivity contribution in [2.75, 3.05) is 6.54 Å². The van der Waals surface area contributed by atoms with Gasteiger partial charge in [-0.1, -0.05) is 79.2 Å². The van der Waals surface area contributed by atoms with E-state index in [0.717, 1.165) is 6.54 Å². The van der Waals surface area contributed by atoms with E-state index in [0.29, 0.717) is 12.0 Å². The van der Waals surface area contributed by atoms with Crippen LogP contribution in [0.1, 0.15) is 66.3 Å². The molecule has 0 saturated carbocycles. The van der Waals surface area contributed by atoms with Crippen molar-refractivity contribution < 1.29 is 0 Å². The molecule has 0 aromatic heterocycles. The Hall–Kier alpha value is -2.35. The first kappa shape index (κ1) is 20.5. The Kier molecular flexibility index (Phi) is 5.73. The highest BCUT2D eigenvalue weighted by molar-refractivity contribution is 6.09. The first-order valence-electron chi connectivity index (χ1n) is 11.7. The summed E-state index contributed by atoms with van der Waals surface area (Å²) < 4.78 is 0. The van der Waals surface area contributed by atoms with E-state index >= 15 is 0 Å². The Morgan fingerprint density at radius 1 is 0.645 bits per heavy atom. The summed E-state index contributed by atoms with van der Waals surface area (Å²) in [6, 6.07) is 28.1. The van der Waals surface area contributed by atoms with Crippen molar-refractivity contribution in [2.24, 2.45) is 0 Å². The van der Waals surface area contributed by atoms with Crippen LogP contribution < -0.4 is 5.32 Å². The Labute approximate surface area is 191 Å². The van der Waals surface area contributed by atoms with Crippen LogP contribution in [0, 0.1) is 0 Å². The summed E-state index contributed by atoms with van der Waals surface area (Å²) in [4.78, 5) is 0. The fraction of sp³-hybridized carbons (Fsp3) is 0.310. The number of nitrogens with one attached hydrogen (secondary N) is 1. The normalized spacial score (nSPS) is 20.9. The lowest BCUT2D eigenvalue weighted by Gasteiger charge is -2.32. The van der Waals surface area contributed by atoms with Gasteiger partial charge in [-0.2, -0.15) is 0 Å². The van der Waals surface area contributed by atoms with Gasteiger partial charge in [0.1, 0.15) is 0 Å². The topological polar surface area (TPSA) is 12.0 Å². The van der Waals surface area contributed by atoms with Crippen LogP contribution >= 0.6 is 12.4 Å². The summed E-state index contributed by atoms with van der Waals surface area (Å²) in [5.74, 6) is 0.499. The van der Waals surface area contributed by atoms with Crippen molar-refractivity contribution in [1.29, 1.82) is 0 Å². The van der Waals surface area contributed by atoms with Gasteiger partial charge in [-0.25, -0.2) is 0 Å². The molecular formula is C29H30ClN. The Morgan fingerprint density at radius 3 is 2.32 bits per heavy atom. The summed E-state index contributed by atoms with van der Waals surface area (Å²) in [6.45, 7) is 1.15. The highest BCUT2D eigenvalue weighted by atomic mass is 35.5. The molecule has 1 aliphatic heterocycles. The molecule has 1 N–H and O–H groups in total. The number of rotatable bonds is 2. The van der Waals surface area contributed by atoms with E-state index in [-0.39, 0.29) is 12.4 Å². The Morgan fingerprint density at radius 2 is 1.45 bits per heavy atom. The van der Waals surface area contributed by atoms with Crippen molar-refractivity contribution in [3.05, 3.63) is 95.1 Å². The van der Waals surface area contributed by atoms with Crippen molar-refractivity contribution in [1.82, 2.24) is 5.32 Å². The second-order valence-corrected chi connectivity index (χ2v) is 9.10. The first-order valence-corrected chi connectivity index (χ1v) is 11.7. The third kappa shape index (κ3) is 3.54. The summed E-state index contributed by atoms with van der Waals surface area (Å²) in [6.07, 6.45) is 7.64. The fourth-order valence-corrected chi connectivity index (χ4v) is 6.00. The van der Waals surface area contributed by atoms with Gasteiger partial charge in [-0.3, -0.25) is 0 Å². The lowest BCUT2D eigenvalue weighted by atomic mass is 9.74. The van der Waals surface area contributed by atoms with Crippen LogP contribution in [0.4, 0.5) is 0 Å². The van der Waals surface area contributed by atoms with Crippen molar-refractivity contribution >= 4 is 34.0 Å². The van der Waals surface area contributed by atoms with Crippen LogP contribution in [0.5, 0.6) is 0 Å². The SMILES string of the molecule is Cl.c1ccc(C2CCCc3ccc4c(ccc5ccccc54)c32)c(C2CCCCN2)c1. The second-order valence-electron chi connectivity index (χ2n) is 9.10. The van der Waals surface area contributed by atoms with Gasteiger partial charge in [-0.15, -0.1) is 12.4 Å². The zero-order valence-corrected chi connectivity index (χ0v) is 18.8. The molecule has 0 amide bonds. The summed E-state index contributed by atoms with van der Waals surface area (Å²) in [5.41, 5.74) is 6.24. The first-order chi connectivity index (χ1) is 14.9. The molecule has 0 spiro atoms. The van der Waals surface area contributed by atoms with Crippen LogP contribution in [0.15, 0.2) is 72.8 Å². The Balaban J connectivity index is 0.00000204. The molecule has 4 aromatic rings. The highest BCUT2D eigenvalue weighted by Gasteiger charge is 2.28. The molecule has 2 atom stereocenters. The average molecular weight is 428 g/mol. The van der Waals surface area contributed by atoms with Crippen LogP contribution in [0.25, 0.3) is 21.5 Å². The standard InChI is InChI=1S/C29H29N.ClH/c1-2-10-22-20(8-1)15-18-27-24(22)17-16-21-9-7-13-26(29(21)27)23-11-3-4-12-25(23)28-14-5-6-19-30-28;/h1-4,8,10-12,15-18,26,28,30H,5-7,9,13-14,19H2;1H. The number of fused-ring (bicyclic) bond motifs is 5. The summed E-state index contributed by atoms with van der Waals surface area (Å²) in [5, 5.41) is 9.39. The number of hydrogen-bond donors (Lipinski definition) is 1. The molecule has 1 aliphatic carbocycles. The molecule has 0 radical (unpaired) electrons. The minimum absolute atomic E-state index is 0. The minimum Gasteiger partial charge on any atom is -0.310 e. The monoisotopic (exact) mass is 427 g/mol.